The Hall–Kier alpha value is -5.25. The number of carbonyl (C=O) groups is 2. The predicted octanol–water partition coefficient (Wildman–Crippen LogP) is 3.29. The zero-order valence-electron chi connectivity index (χ0n) is 26.3. The van der Waals surface area contributed by atoms with Crippen LogP contribution >= 0.6 is 0 Å². The standard InChI is InChI=1S/C32H33F3N8O5/c1-3-23-27(40-11-13-41(14-12-40)29(46)26-24(44)5-4-10-36-26)30(47)43-31(38-28(39-43)20-8-15-48-16-9-20)42(23)18-25(45)37-22-7-6-21(17-19(22)2)32(33,34)35/h4-8,10,17,44H,3,9,11-16,18H2,1-2H3,(H,37,45). The molecule has 2 aliphatic heterocycles. The molecule has 2 aliphatic rings. The predicted molar refractivity (Wildman–Crippen MR) is 169 cm³/mol. The molecule has 0 atom stereocenters. The van der Waals surface area contributed by atoms with Crippen molar-refractivity contribution >= 4 is 34.5 Å². The SMILES string of the molecule is CCc1c(N2CCN(C(=O)c3ncccc3O)CC2)c(=O)n2nc(C3=CCOCC3)nc2n1CC(=O)Nc1ccc(C(F)(F)F)cc1C. The first-order valence-electron chi connectivity index (χ1n) is 15.4. The van der Waals surface area contributed by atoms with E-state index in [0.29, 0.717) is 43.3 Å². The number of nitrogens with zero attached hydrogens (tertiary/aromatic N) is 7. The molecule has 48 heavy (non-hydrogen) atoms. The molecule has 252 valence electrons. The lowest BCUT2D eigenvalue weighted by molar-refractivity contribution is -0.137. The monoisotopic (exact) mass is 666 g/mol. The highest BCUT2D eigenvalue weighted by Gasteiger charge is 2.32. The van der Waals surface area contributed by atoms with Gasteiger partial charge in [0.1, 0.15) is 18.0 Å². The lowest BCUT2D eigenvalue weighted by Crippen LogP contribution is -2.51. The number of piperazine rings is 1. The number of aryl methyl sites for hydroxylation is 1. The van der Waals surface area contributed by atoms with E-state index in [1.54, 1.807) is 9.47 Å². The molecule has 1 fully saturated rings. The van der Waals surface area contributed by atoms with E-state index >= 15 is 0 Å². The van der Waals surface area contributed by atoms with Gasteiger partial charge < -0.3 is 29.5 Å². The van der Waals surface area contributed by atoms with E-state index in [-0.39, 0.29) is 61.2 Å². The van der Waals surface area contributed by atoms with Gasteiger partial charge in [-0.2, -0.15) is 22.7 Å². The maximum Gasteiger partial charge on any atom is 0.416 e. The van der Waals surface area contributed by atoms with Crippen LogP contribution in [0, 0.1) is 6.92 Å². The second kappa shape index (κ2) is 13.1. The number of alkyl halides is 3. The Balaban J connectivity index is 1.35. The number of aromatic hydroxyl groups is 1. The molecule has 5 heterocycles. The maximum atomic E-state index is 14.1. The summed E-state index contributed by atoms with van der Waals surface area (Å²) >= 11 is 0. The summed E-state index contributed by atoms with van der Waals surface area (Å²) in [6.07, 6.45) is -0.399. The molecule has 3 aromatic heterocycles. The fourth-order valence-corrected chi connectivity index (χ4v) is 5.95. The maximum absolute atomic E-state index is 14.1. The molecule has 0 saturated carbocycles. The Labute approximate surface area is 272 Å². The number of rotatable bonds is 7. The van der Waals surface area contributed by atoms with Gasteiger partial charge in [0.2, 0.25) is 11.7 Å². The number of aromatic nitrogens is 5. The van der Waals surface area contributed by atoms with Crippen molar-refractivity contribution in [2.45, 2.75) is 39.4 Å². The Morgan fingerprint density at radius 1 is 1.12 bits per heavy atom. The largest absolute Gasteiger partial charge is 0.505 e. The van der Waals surface area contributed by atoms with Gasteiger partial charge in [0.25, 0.3) is 11.5 Å². The number of hydrogen-bond donors (Lipinski definition) is 2. The molecule has 0 spiro atoms. The minimum Gasteiger partial charge on any atom is -0.505 e. The van der Waals surface area contributed by atoms with E-state index in [1.165, 1.54) is 35.8 Å². The summed E-state index contributed by atoms with van der Waals surface area (Å²) in [4.78, 5) is 52.8. The number of hydrogen-bond acceptors (Lipinski definition) is 9. The Bertz CT molecular complexity index is 1980. The molecule has 0 bridgehead atoms. The number of amides is 2. The number of pyridine rings is 1. The summed E-state index contributed by atoms with van der Waals surface area (Å²) in [5.41, 5.74) is 0.740. The summed E-state index contributed by atoms with van der Waals surface area (Å²) in [6.45, 7) is 4.85. The third-order valence-corrected chi connectivity index (χ3v) is 8.41. The highest BCUT2D eigenvalue weighted by atomic mass is 19.4. The molecule has 13 nitrogen and oxygen atoms in total. The number of carbonyl (C=O) groups excluding carboxylic acids is 2. The minimum atomic E-state index is -4.52. The molecule has 0 aliphatic carbocycles. The van der Waals surface area contributed by atoms with Crippen LogP contribution in [0.3, 0.4) is 0 Å². The van der Waals surface area contributed by atoms with E-state index in [9.17, 15) is 32.7 Å². The normalized spacial score (nSPS) is 15.5. The van der Waals surface area contributed by atoms with Crippen molar-refractivity contribution in [1.29, 1.82) is 0 Å². The topological polar surface area (TPSA) is 147 Å². The van der Waals surface area contributed by atoms with Crippen LogP contribution in [0.2, 0.25) is 0 Å². The average molecular weight is 667 g/mol. The highest BCUT2D eigenvalue weighted by Crippen LogP contribution is 2.32. The van der Waals surface area contributed by atoms with Crippen LogP contribution < -0.4 is 15.8 Å². The zero-order valence-corrected chi connectivity index (χ0v) is 26.3. The quantitative estimate of drug-likeness (QED) is 0.303. The van der Waals surface area contributed by atoms with Gasteiger partial charge in [-0.15, -0.1) is 5.10 Å². The van der Waals surface area contributed by atoms with Crippen molar-refractivity contribution in [2.24, 2.45) is 0 Å². The molecule has 6 rings (SSSR count). The van der Waals surface area contributed by atoms with Crippen LogP contribution in [0.1, 0.15) is 46.5 Å². The molecule has 1 aromatic carbocycles. The Kier molecular flexibility index (Phi) is 8.92. The van der Waals surface area contributed by atoms with Crippen molar-refractivity contribution in [3.8, 4) is 5.75 Å². The summed E-state index contributed by atoms with van der Waals surface area (Å²) in [5.74, 6) is -0.728. The fourth-order valence-electron chi connectivity index (χ4n) is 5.95. The molecule has 0 unspecified atom stereocenters. The second-order valence-electron chi connectivity index (χ2n) is 11.5. The molecular formula is C32H33F3N8O5. The number of fused-ring (bicyclic) bond motifs is 1. The molecule has 2 N–H and O–H groups in total. The number of nitrogens with one attached hydrogen (secondary N) is 1. The van der Waals surface area contributed by atoms with Gasteiger partial charge in [-0.05, 0) is 61.2 Å². The van der Waals surface area contributed by atoms with Crippen LogP contribution in [-0.2, 0) is 28.7 Å². The number of ether oxygens (including phenoxy) is 1. The first-order chi connectivity index (χ1) is 23.0. The number of benzene rings is 1. The van der Waals surface area contributed by atoms with Crippen molar-refractivity contribution in [3.05, 3.63) is 81.3 Å². The van der Waals surface area contributed by atoms with E-state index < -0.39 is 29.1 Å². The molecule has 2 amide bonds. The van der Waals surface area contributed by atoms with E-state index in [2.05, 4.69) is 20.4 Å². The van der Waals surface area contributed by atoms with Gasteiger partial charge in [-0.1, -0.05) is 13.0 Å². The Morgan fingerprint density at radius 3 is 2.54 bits per heavy atom. The molecule has 4 aromatic rings. The molecule has 16 heteroatoms. The lowest BCUT2D eigenvalue weighted by Gasteiger charge is -2.36. The number of halogens is 3. The molecule has 1 saturated heterocycles. The lowest BCUT2D eigenvalue weighted by atomic mass is 10.1. The molecule has 0 radical (unpaired) electrons. The van der Waals surface area contributed by atoms with Gasteiger partial charge in [0.05, 0.1) is 24.5 Å². The van der Waals surface area contributed by atoms with Crippen LogP contribution in [-0.4, -0.2) is 85.4 Å². The average Bonchev–Trinajstić information content (AvgIpc) is 3.53. The summed E-state index contributed by atoms with van der Waals surface area (Å²) in [6, 6.07) is 5.99. The zero-order chi connectivity index (χ0) is 34.2. The van der Waals surface area contributed by atoms with Crippen molar-refractivity contribution in [1.82, 2.24) is 29.0 Å². The van der Waals surface area contributed by atoms with Gasteiger partial charge in [0.15, 0.2) is 11.5 Å². The van der Waals surface area contributed by atoms with Crippen LogP contribution in [0.5, 0.6) is 5.75 Å². The fraction of sp³-hybridized carbons (Fsp3) is 0.375. The third kappa shape index (κ3) is 6.34. The van der Waals surface area contributed by atoms with E-state index in [4.69, 9.17) is 4.74 Å². The molecular weight excluding hydrogens is 633 g/mol. The minimum absolute atomic E-state index is 0.0594. The van der Waals surface area contributed by atoms with Gasteiger partial charge in [-0.3, -0.25) is 14.4 Å². The van der Waals surface area contributed by atoms with Gasteiger partial charge >= 0.3 is 6.18 Å². The Morgan fingerprint density at radius 2 is 1.90 bits per heavy atom. The highest BCUT2D eigenvalue weighted by molar-refractivity contribution is 5.95. The summed E-state index contributed by atoms with van der Waals surface area (Å²) < 4.78 is 47.8. The summed E-state index contributed by atoms with van der Waals surface area (Å²) in [5, 5.41) is 17.4. The second-order valence-corrected chi connectivity index (χ2v) is 11.5. The van der Waals surface area contributed by atoms with Crippen LogP contribution in [0.4, 0.5) is 24.5 Å². The number of anilines is 2. The van der Waals surface area contributed by atoms with Crippen LogP contribution in [0.25, 0.3) is 11.4 Å². The first-order valence-corrected chi connectivity index (χ1v) is 15.4. The van der Waals surface area contributed by atoms with Gasteiger partial charge in [0, 0.05) is 38.1 Å². The van der Waals surface area contributed by atoms with E-state index in [1.807, 2.05) is 17.9 Å². The van der Waals surface area contributed by atoms with Crippen molar-refractivity contribution in [2.75, 3.05) is 49.6 Å². The summed E-state index contributed by atoms with van der Waals surface area (Å²) in [7, 11) is 0. The van der Waals surface area contributed by atoms with Crippen molar-refractivity contribution in [3.63, 3.8) is 0 Å². The smallest absolute Gasteiger partial charge is 0.416 e. The first kappa shape index (κ1) is 32.7. The van der Waals surface area contributed by atoms with Gasteiger partial charge in [-0.25, -0.2) is 4.98 Å². The third-order valence-electron chi connectivity index (χ3n) is 8.41. The van der Waals surface area contributed by atoms with Crippen molar-refractivity contribution < 1.29 is 32.6 Å². The van der Waals surface area contributed by atoms with E-state index in [0.717, 1.165) is 17.7 Å². The van der Waals surface area contributed by atoms with Crippen LogP contribution in [0.15, 0.2) is 47.4 Å².